The van der Waals surface area contributed by atoms with Gasteiger partial charge in [-0.15, -0.1) is 0 Å². The van der Waals surface area contributed by atoms with E-state index < -0.39 is 0 Å². The molecule has 122 valence electrons. The van der Waals surface area contributed by atoms with Gasteiger partial charge in [0.05, 0.1) is 23.1 Å². The number of carbonyl (C=O) groups is 1. The Morgan fingerprint density at radius 1 is 1.26 bits per heavy atom. The van der Waals surface area contributed by atoms with E-state index in [2.05, 4.69) is 15.0 Å². The third kappa shape index (κ3) is 2.18. The van der Waals surface area contributed by atoms with Gasteiger partial charge in [-0.3, -0.25) is 9.48 Å². The Morgan fingerprint density at radius 3 is 2.70 bits per heavy atom. The summed E-state index contributed by atoms with van der Waals surface area (Å²) in [6.07, 6.45) is 5.60. The van der Waals surface area contributed by atoms with Crippen molar-refractivity contribution < 1.29 is 4.79 Å². The average molecular weight is 314 g/mol. The molecule has 1 amide bonds. The molecule has 0 aromatic carbocycles. The van der Waals surface area contributed by atoms with E-state index in [1.807, 2.05) is 35.1 Å². The second-order valence-corrected chi connectivity index (χ2v) is 6.47. The molecule has 2 aromatic heterocycles. The summed E-state index contributed by atoms with van der Waals surface area (Å²) < 4.78 is 4.20. The van der Waals surface area contributed by atoms with E-state index >= 15 is 0 Å². The molecule has 1 spiro atoms. The Labute approximate surface area is 135 Å². The van der Waals surface area contributed by atoms with Gasteiger partial charge >= 0.3 is 0 Å². The molecule has 4 heterocycles. The third-order valence-electron chi connectivity index (χ3n) is 5.23. The van der Waals surface area contributed by atoms with Crippen LogP contribution in [0.3, 0.4) is 0 Å². The molecule has 0 saturated carbocycles. The van der Waals surface area contributed by atoms with Gasteiger partial charge < -0.3 is 14.8 Å². The van der Waals surface area contributed by atoms with Crippen molar-refractivity contribution in [1.82, 2.24) is 29.5 Å². The fourth-order valence-electron chi connectivity index (χ4n) is 3.90. The highest BCUT2D eigenvalue weighted by molar-refractivity contribution is 5.73. The Kier molecular flexibility index (Phi) is 3.26. The summed E-state index contributed by atoms with van der Waals surface area (Å²) in [6, 6.07) is 2.03. The lowest BCUT2D eigenvalue weighted by Gasteiger charge is -2.44. The minimum Gasteiger partial charge on any atom is -0.343 e. The first-order valence-corrected chi connectivity index (χ1v) is 8.16. The second-order valence-electron chi connectivity index (χ2n) is 6.47. The molecule has 0 atom stereocenters. The Morgan fingerprint density at radius 2 is 2.04 bits per heavy atom. The first-order chi connectivity index (χ1) is 11.1. The monoisotopic (exact) mass is 314 g/mol. The SMILES string of the molecule is CC(=O)N1CCC2(CC1)NCCn1c(-c3ccnn3C)cnc12. The van der Waals surface area contributed by atoms with Crippen LogP contribution in [0.25, 0.3) is 11.4 Å². The molecule has 0 aliphatic carbocycles. The van der Waals surface area contributed by atoms with Gasteiger partial charge in [0, 0.05) is 46.3 Å². The number of likely N-dealkylation sites (tertiary alicyclic amines) is 1. The van der Waals surface area contributed by atoms with Crippen molar-refractivity contribution in [2.45, 2.75) is 31.8 Å². The predicted molar refractivity (Wildman–Crippen MR) is 85.6 cm³/mol. The van der Waals surface area contributed by atoms with Crippen LogP contribution < -0.4 is 5.32 Å². The maximum atomic E-state index is 11.6. The van der Waals surface area contributed by atoms with Crippen LogP contribution in [0.4, 0.5) is 0 Å². The highest BCUT2D eigenvalue weighted by Gasteiger charge is 2.42. The van der Waals surface area contributed by atoms with Crippen LogP contribution in [0, 0.1) is 0 Å². The third-order valence-corrected chi connectivity index (χ3v) is 5.23. The number of nitrogens with zero attached hydrogens (tertiary/aromatic N) is 5. The van der Waals surface area contributed by atoms with Crippen molar-refractivity contribution in [3.05, 3.63) is 24.3 Å². The van der Waals surface area contributed by atoms with Crippen LogP contribution in [-0.2, 0) is 23.9 Å². The Balaban J connectivity index is 1.70. The Hall–Kier alpha value is -2.15. The summed E-state index contributed by atoms with van der Waals surface area (Å²) in [5, 5.41) is 7.95. The Bertz CT molecular complexity index is 738. The van der Waals surface area contributed by atoms with Crippen molar-refractivity contribution in [1.29, 1.82) is 0 Å². The largest absolute Gasteiger partial charge is 0.343 e. The van der Waals surface area contributed by atoms with Crippen LogP contribution in [0.5, 0.6) is 0 Å². The van der Waals surface area contributed by atoms with Gasteiger partial charge in [0.25, 0.3) is 0 Å². The average Bonchev–Trinajstić information content (AvgIpc) is 3.14. The van der Waals surface area contributed by atoms with E-state index in [4.69, 9.17) is 4.98 Å². The van der Waals surface area contributed by atoms with E-state index in [1.165, 1.54) is 0 Å². The smallest absolute Gasteiger partial charge is 0.219 e. The van der Waals surface area contributed by atoms with Crippen molar-refractivity contribution in [2.75, 3.05) is 19.6 Å². The fraction of sp³-hybridized carbons (Fsp3) is 0.562. The number of rotatable bonds is 1. The van der Waals surface area contributed by atoms with Crippen LogP contribution >= 0.6 is 0 Å². The highest BCUT2D eigenvalue weighted by Crippen LogP contribution is 2.36. The molecule has 0 radical (unpaired) electrons. The number of aromatic nitrogens is 4. The van der Waals surface area contributed by atoms with Crippen molar-refractivity contribution in [3.8, 4) is 11.4 Å². The zero-order valence-electron chi connectivity index (χ0n) is 13.6. The van der Waals surface area contributed by atoms with Crippen LogP contribution in [0.2, 0.25) is 0 Å². The van der Waals surface area contributed by atoms with Crippen LogP contribution in [0.1, 0.15) is 25.6 Å². The van der Waals surface area contributed by atoms with Gasteiger partial charge in [0.15, 0.2) is 0 Å². The molecule has 7 heteroatoms. The number of amides is 1. The highest BCUT2D eigenvalue weighted by atomic mass is 16.2. The first-order valence-electron chi connectivity index (χ1n) is 8.16. The second kappa shape index (κ2) is 5.19. The number of piperidine rings is 1. The summed E-state index contributed by atoms with van der Waals surface area (Å²) in [6.45, 7) is 5.06. The molecular weight excluding hydrogens is 292 g/mol. The molecule has 0 unspecified atom stereocenters. The topological polar surface area (TPSA) is 68.0 Å². The summed E-state index contributed by atoms with van der Waals surface area (Å²) in [7, 11) is 1.96. The molecular formula is C16H22N6O. The van der Waals surface area contributed by atoms with Crippen molar-refractivity contribution in [2.24, 2.45) is 7.05 Å². The van der Waals surface area contributed by atoms with Crippen molar-refractivity contribution in [3.63, 3.8) is 0 Å². The van der Waals surface area contributed by atoms with E-state index in [0.29, 0.717) is 0 Å². The summed E-state index contributed by atoms with van der Waals surface area (Å²) >= 11 is 0. The molecule has 0 bridgehead atoms. The number of imidazole rings is 1. The van der Waals surface area contributed by atoms with Gasteiger partial charge in [0.2, 0.25) is 5.91 Å². The van der Waals surface area contributed by atoms with Crippen molar-refractivity contribution >= 4 is 5.91 Å². The molecule has 23 heavy (non-hydrogen) atoms. The number of carbonyl (C=O) groups excluding carboxylic acids is 1. The molecule has 2 aliphatic heterocycles. The van der Waals surface area contributed by atoms with E-state index in [1.54, 1.807) is 6.92 Å². The number of nitrogens with one attached hydrogen (secondary N) is 1. The lowest BCUT2D eigenvalue weighted by molar-refractivity contribution is -0.130. The standard InChI is InChI=1S/C16H22N6O/c1-12(23)21-8-4-16(5-9-21)15-17-11-14(22(15)10-7-18-16)13-3-6-19-20(13)2/h3,6,11,18H,4-5,7-10H2,1-2H3. The molecule has 1 saturated heterocycles. The number of fused-ring (bicyclic) bond motifs is 2. The van der Waals surface area contributed by atoms with E-state index in [0.717, 1.165) is 56.2 Å². The predicted octanol–water partition coefficient (Wildman–Crippen LogP) is 0.724. The first kappa shape index (κ1) is 14.4. The minimum absolute atomic E-state index is 0.110. The molecule has 4 rings (SSSR count). The molecule has 1 fully saturated rings. The number of hydrogen-bond acceptors (Lipinski definition) is 4. The lowest BCUT2D eigenvalue weighted by Crippen LogP contribution is -2.56. The maximum Gasteiger partial charge on any atom is 0.219 e. The normalized spacial score (nSPS) is 19.8. The molecule has 7 nitrogen and oxygen atoms in total. The van der Waals surface area contributed by atoms with Crippen LogP contribution in [-0.4, -0.2) is 49.8 Å². The summed E-state index contributed by atoms with van der Waals surface area (Å²) in [4.78, 5) is 18.3. The van der Waals surface area contributed by atoms with E-state index in [9.17, 15) is 4.79 Å². The summed E-state index contributed by atoms with van der Waals surface area (Å²) in [5.74, 6) is 1.26. The number of aryl methyl sites for hydroxylation is 1. The zero-order chi connectivity index (χ0) is 16.0. The van der Waals surface area contributed by atoms with Crippen LogP contribution in [0.15, 0.2) is 18.5 Å². The van der Waals surface area contributed by atoms with Gasteiger partial charge in [-0.05, 0) is 18.9 Å². The quantitative estimate of drug-likeness (QED) is 0.842. The minimum atomic E-state index is -0.110. The van der Waals surface area contributed by atoms with E-state index in [-0.39, 0.29) is 11.4 Å². The number of hydrogen-bond donors (Lipinski definition) is 1. The zero-order valence-corrected chi connectivity index (χ0v) is 13.6. The summed E-state index contributed by atoms with van der Waals surface area (Å²) in [5.41, 5.74) is 2.10. The van der Waals surface area contributed by atoms with Gasteiger partial charge in [-0.2, -0.15) is 5.10 Å². The lowest BCUT2D eigenvalue weighted by atomic mass is 9.85. The van der Waals surface area contributed by atoms with Gasteiger partial charge in [0.1, 0.15) is 5.82 Å². The van der Waals surface area contributed by atoms with Gasteiger partial charge in [-0.25, -0.2) is 4.98 Å². The fourth-order valence-corrected chi connectivity index (χ4v) is 3.90. The molecule has 2 aromatic rings. The van der Waals surface area contributed by atoms with Gasteiger partial charge in [-0.1, -0.05) is 0 Å². The molecule has 1 N–H and O–H groups in total. The maximum absolute atomic E-state index is 11.6. The molecule has 2 aliphatic rings.